The van der Waals surface area contributed by atoms with Gasteiger partial charge in [-0.3, -0.25) is 9.59 Å². The molecule has 0 atom stereocenters. The zero-order valence-corrected chi connectivity index (χ0v) is 10.7. The largest absolute Gasteiger partial charge is 0.302 e. The van der Waals surface area contributed by atoms with Crippen LogP contribution in [-0.4, -0.2) is 16.7 Å². The molecule has 1 heterocycles. The van der Waals surface area contributed by atoms with Crippen molar-refractivity contribution >= 4 is 45.1 Å². The fraction of sp³-hybridized carbons (Fsp3) is 0.444. The number of ketones is 1. The predicted molar refractivity (Wildman–Crippen MR) is 63.8 cm³/mol. The Hall–Kier alpha value is -0.750. The highest BCUT2D eigenvalue weighted by Crippen LogP contribution is 2.28. The number of fused-ring (bicyclic) bond motifs is 1. The van der Waals surface area contributed by atoms with E-state index in [1.807, 2.05) is 0 Å². The van der Waals surface area contributed by atoms with Crippen LogP contribution < -0.4 is 5.32 Å². The number of halogens is 1. The van der Waals surface area contributed by atoms with Crippen LogP contribution in [0.4, 0.5) is 5.13 Å². The number of aryl methyl sites for hydroxylation is 1. The SMILES string of the molecule is Br.CC(=O)Nc1nc2c(s1)CC(=O)CC2. The fourth-order valence-electron chi connectivity index (χ4n) is 1.45. The molecule has 1 aromatic rings. The van der Waals surface area contributed by atoms with E-state index in [1.54, 1.807) is 0 Å². The summed E-state index contributed by atoms with van der Waals surface area (Å²) in [6.45, 7) is 1.45. The van der Waals surface area contributed by atoms with Crippen LogP contribution in [0.15, 0.2) is 0 Å². The first kappa shape index (κ1) is 12.3. The minimum Gasteiger partial charge on any atom is -0.302 e. The molecule has 0 unspecified atom stereocenters. The molecule has 0 radical (unpaired) electrons. The molecule has 0 saturated carbocycles. The van der Waals surface area contributed by atoms with Crippen molar-refractivity contribution in [2.75, 3.05) is 5.32 Å². The van der Waals surface area contributed by atoms with Crippen LogP contribution in [0.1, 0.15) is 23.9 Å². The molecule has 0 spiro atoms. The van der Waals surface area contributed by atoms with E-state index in [4.69, 9.17) is 0 Å². The third-order valence-electron chi connectivity index (χ3n) is 2.06. The van der Waals surface area contributed by atoms with Gasteiger partial charge in [0.25, 0.3) is 0 Å². The lowest BCUT2D eigenvalue weighted by Crippen LogP contribution is -2.11. The summed E-state index contributed by atoms with van der Waals surface area (Å²) in [6, 6.07) is 0. The molecule has 0 saturated heterocycles. The summed E-state index contributed by atoms with van der Waals surface area (Å²) in [7, 11) is 0. The third-order valence-corrected chi connectivity index (χ3v) is 3.07. The molecule has 82 valence electrons. The Morgan fingerprint density at radius 1 is 1.47 bits per heavy atom. The van der Waals surface area contributed by atoms with Crippen LogP contribution >= 0.6 is 28.3 Å². The van der Waals surface area contributed by atoms with E-state index in [0.717, 1.165) is 10.6 Å². The van der Waals surface area contributed by atoms with Crippen molar-refractivity contribution in [1.29, 1.82) is 0 Å². The molecule has 1 aliphatic carbocycles. The van der Waals surface area contributed by atoms with Gasteiger partial charge in [0.05, 0.1) is 5.69 Å². The number of carbonyl (C=O) groups is 2. The maximum atomic E-state index is 11.1. The van der Waals surface area contributed by atoms with Gasteiger partial charge in [-0.15, -0.1) is 28.3 Å². The van der Waals surface area contributed by atoms with Crippen LogP contribution in [0.3, 0.4) is 0 Å². The first-order chi connectivity index (χ1) is 6.65. The van der Waals surface area contributed by atoms with E-state index in [0.29, 0.717) is 24.4 Å². The summed E-state index contributed by atoms with van der Waals surface area (Å²) in [4.78, 5) is 27.2. The molecular formula is C9H11BrN2O2S. The molecule has 1 N–H and O–H groups in total. The highest BCUT2D eigenvalue weighted by atomic mass is 79.9. The average molecular weight is 291 g/mol. The summed E-state index contributed by atoms with van der Waals surface area (Å²) in [5, 5.41) is 3.24. The van der Waals surface area contributed by atoms with Crippen molar-refractivity contribution in [3.8, 4) is 0 Å². The lowest BCUT2D eigenvalue weighted by Gasteiger charge is -2.06. The van der Waals surface area contributed by atoms with Gasteiger partial charge in [-0.2, -0.15) is 0 Å². The van der Waals surface area contributed by atoms with Crippen LogP contribution in [0.2, 0.25) is 0 Å². The molecule has 6 heteroatoms. The van der Waals surface area contributed by atoms with Gasteiger partial charge >= 0.3 is 0 Å². The van der Waals surface area contributed by atoms with Gasteiger partial charge in [0, 0.05) is 24.6 Å². The number of nitrogens with zero attached hydrogens (tertiary/aromatic N) is 1. The number of aromatic nitrogens is 1. The highest BCUT2D eigenvalue weighted by molar-refractivity contribution is 8.93. The Morgan fingerprint density at radius 2 is 2.20 bits per heavy atom. The van der Waals surface area contributed by atoms with E-state index in [9.17, 15) is 9.59 Å². The summed E-state index contributed by atoms with van der Waals surface area (Å²) in [5.41, 5.74) is 0.971. The number of rotatable bonds is 1. The number of carbonyl (C=O) groups excluding carboxylic acids is 2. The van der Waals surface area contributed by atoms with Gasteiger partial charge in [-0.25, -0.2) is 4.98 Å². The molecule has 1 aromatic heterocycles. The van der Waals surface area contributed by atoms with Crippen molar-refractivity contribution < 1.29 is 9.59 Å². The number of Topliss-reactive ketones (excluding diaryl/α,β-unsaturated/α-hetero) is 1. The number of nitrogens with one attached hydrogen (secondary N) is 1. The van der Waals surface area contributed by atoms with Crippen LogP contribution in [-0.2, 0) is 22.4 Å². The Kier molecular flexibility index (Phi) is 3.98. The first-order valence-electron chi connectivity index (χ1n) is 4.43. The Morgan fingerprint density at radius 3 is 2.87 bits per heavy atom. The minimum atomic E-state index is -0.123. The van der Waals surface area contributed by atoms with Gasteiger partial charge < -0.3 is 5.32 Å². The summed E-state index contributed by atoms with van der Waals surface area (Å²) in [6.07, 6.45) is 1.77. The van der Waals surface area contributed by atoms with Gasteiger partial charge in [-0.05, 0) is 6.42 Å². The second-order valence-corrected chi connectivity index (χ2v) is 4.37. The Bertz CT molecular complexity index is 403. The van der Waals surface area contributed by atoms with Gasteiger partial charge in [0.1, 0.15) is 5.78 Å². The standard InChI is InChI=1S/C9H10N2O2S.BrH/c1-5(12)10-9-11-7-3-2-6(13)4-8(7)14-9;/h2-4H2,1H3,(H,10,11,12);1H. The lowest BCUT2D eigenvalue weighted by molar-refractivity contribution is -0.118. The second-order valence-electron chi connectivity index (χ2n) is 3.29. The highest BCUT2D eigenvalue weighted by Gasteiger charge is 2.20. The Labute approximate surface area is 102 Å². The van der Waals surface area contributed by atoms with Crippen molar-refractivity contribution in [1.82, 2.24) is 4.98 Å². The number of hydrogen-bond acceptors (Lipinski definition) is 4. The molecule has 4 nitrogen and oxygen atoms in total. The molecule has 1 aliphatic rings. The zero-order chi connectivity index (χ0) is 10.1. The normalized spacial score (nSPS) is 14.1. The number of hydrogen-bond donors (Lipinski definition) is 1. The quantitative estimate of drug-likeness (QED) is 0.857. The molecule has 0 fully saturated rings. The molecule has 2 rings (SSSR count). The Balaban J connectivity index is 0.00000112. The average Bonchev–Trinajstić information content (AvgIpc) is 2.44. The number of thiazole rings is 1. The van der Waals surface area contributed by atoms with E-state index in [2.05, 4.69) is 10.3 Å². The summed E-state index contributed by atoms with van der Waals surface area (Å²) in [5.74, 6) is 0.137. The first-order valence-corrected chi connectivity index (χ1v) is 5.24. The van der Waals surface area contributed by atoms with Crippen LogP contribution in [0.5, 0.6) is 0 Å². The smallest absolute Gasteiger partial charge is 0.223 e. The van der Waals surface area contributed by atoms with E-state index in [-0.39, 0.29) is 28.7 Å². The molecule has 15 heavy (non-hydrogen) atoms. The van der Waals surface area contributed by atoms with Gasteiger partial charge in [0.2, 0.25) is 5.91 Å². The summed E-state index contributed by atoms with van der Waals surface area (Å²) < 4.78 is 0. The van der Waals surface area contributed by atoms with Crippen LogP contribution in [0.25, 0.3) is 0 Å². The molecule has 1 amide bonds. The lowest BCUT2D eigenvalue weighted by atomic mass is 10.0. The maximum absolute atomic E-state index is 11.1. The van der Waals surface area contributed by atoms with E-state index >= 15 is 0 Å². The topological polar surface area (TPSA) is 59.1 Å². The van der Waals surface area contributed by atoms with Gasteiger partial charge in [-0.1, -0.05) is 0 Å². The maximum Gasteiger partial charge on any atom is 0.223 e. The van der Waals surface area contributed by atoms with Gasteiger partial charge in [0.15, 0.2) is 5.13 Å². The number of anilines is 1. The zero-order valence-electron chi connectivity index (χ0n) is 8.20. The third kappa shape index (κ3) is 2.85. The van der Waals surface area contributed by atoms with E-state index < -0.39 is 0 Å². The van der Waals surface area contributed by atoms with Crippen molar-refractivity contribution in [3.63, 3.8) is 0 Å². The molecule has 0 aromatic carbocycles. The minimum absolute atomic E-state index is 0. The second kappa shape index (κ2) is 4.85. The molecule has 0 aliphatic heterocycles. The molecular weight excluding hydrogens is 280 g/mol. The van der Waals surface area contributed by atoms with Crippen LogP contribution in [0, 0.1) is 0 Å². The van der Waals surface area contributed by atoms with Crippen molar-refractivity contribution in [2.45, 2.75) is 26.2 Å². The summed E-state index contributed by atoms with van der Waals surface area (Å²) >= 11 is 1.40. The fourth-order valence-corrected chi connectivity index (χ4v) is 2.53. The van der Waals surface area contributed by atoms with Crippen molar-refractivity contribution in [3.05, 3.63) is 10.6 Å². The molecule has 0 bridgehead atoms. The number of amides is 1. The van der Waals surface area contributed by atoms with Crippen molar-refractivity contribution in [2.24, 2.45) is 0 Å². The predicted octanol–water partition coefficient (Wildman–Crippen LogP) is 1.74. The monoisotopic (exact) mass is 290 g/mol. The van der Waals surface area contributed by atoms with E-state index in [1.165, 1.54) is 18.3 Å².